The Balaban J connectivity index is 1.65. The van der Waals surface area contributed by atoms with Crippen LogP contribution in [0.15, 0.2) is 0 Å². The van der Waals surface area contributed by atoms with E-state index in [1.807, 2.05) is 0 Å². The van der Waals surface area contributed by atoms with Gasteiger partial charge in [-0.05, 0) is 57.3 Å². The number of alkyl carbamates (subject to hydrolysis) is 1. The van der Waals surface area contributed by atoms with Crippen molar-refractivity contribution in [3.63, 3.8) is 0 Å². The quantitative estimate of drug-likeness (QED) is 0.825. The van der Waals surface area contributed by atoms with E-state index in [0.717, 1.165) is 31.6 Å². The number of hydrogen-bond acceptors (Lipinski definition) is 2. The number of carbonyl (C=O) groups excluding carboxylic acids is 1. The standard InChI is InChI=1S/C15H27NO2/c1-2-12-8-10-13(11-9-12)16-15(17)18-14-6-4-3-5-7-14/h12-14H,2-11H2,1H3,(H,16,17). The van der Waals surface area contributed by atoms with E-state index in [1.54, 1.807) is 0 Å². The molecule has 0 heterocycles. The van der Waals surface area contributed by atoms with Gasteiger partial charge in [0.2, 0.25) is 0 Å². The first-order valence-corrected chi connectivity index (χ1v) is 7.75. The summed E-state index contributed by atoms with van der Waals surface area (Å²) in [4.78, 5) is 11.8. The average Bonchev–Trinajstić information content (AvgIpc) is 2.40. The summed E-state index contributed by atoms with van der Waals surface area (Å²) in [5, 5.41) is 3.05. The zero-order chi connectivity index (χ0) is 12.8. The molecule has 3 nitrogen and oxygen atoms in total. The maximum atomic E-state index is 11.8. The molecule has 0 aromatic rings. The van der Waals surface area contributed by atoms with Crippen molar-refractivity contribution in [2.75, 3.05) is 0 Å². The molecular weight excluding hydrogens is 226 g/mol. The SMILES string of the molecule is CCC1CCC(NC(=O)OC2CCCCC2)CC1. The monoisotopic (exact) mass is 253 g/mol. The van der Waals surface area contributed by atoms with E-state index >= 15 is 0 Å². The maximum Gasteiger partial charge on any atom is 0.407 e. The summed E-state index contributed by atoms with van der Waals surface area (Å²) in [6, 6.07) is 0.351. The predicted octanol–water partition coefficient (Wildman–Crippen LogP) is 4.01. The van der Waals surface area contributed by atoms with Gasteiger partial charge in [0.05, 0.1) is 0 Å². The van der Waals surface area contributed by atoms with Gasteiger partial charge in [0.15, 0.2) is 0 Å². The summed E-state index contributed by atoms with van der Waals surface area (Å²) in [6.07, 6.45) is 11.8. The van der Waals surface area contributed by atoms with E-state index in [9.17, 15) is 4.79 Å². The summed E-state index contributed by atoms with van der Waals surface area (Å²) in [7, 11) is 0. The lowest BCUT2D eigenvalue weighted by atomic mass is 9.85. The molecule has 2 aliphatic rings. The van der Waals surface area contributed by atoms with Gasteiger partial charge in [-0.15, -0.1) is 0 Å². The Labute approximate surface area is 111 Å². The van der Waals surface area contributed by atoms with Crippen molar-refractivity contribution in [2.45, 2.75) is 83.3 Å². The molecular formula is C15H27NO2. The van der Waals surface area contributed by atoms with E-state index in [-0.39, 0.29) is 12.2 Å². The van der Waals surface area contributed by atoms with Crippen LogP contribution in [0.5, 0.6) is 0 Å². The molecule has 2 rings (SSSR count). The maximum absolute atomic E-state index is 11.8. The Morgan fingerprint density at radius 3 is 2.33 bits per heavy atom. The van der Waals surface area contributed by atoms with Crippen LogP contribution in [0, 0.1) is 5.92 Å². The van der Waals surface area contributed by atoms with Gasteiger partial charge < -0.3 is 10.1 Å². The molecule has 18 heavy (non-hydrogen) atoms. The molecule has 0 aliphatic heterocycles. The largest absolute Gasteiger partial charge is 0.446 e. The highest BCUT2D eigenvalue weighted by Crippen LogP contribution is 2.26. The lowest BCUT2D eigenvalue weighted by molar-refractivity contribution is 0.0708. The lowest BCUT2D eigenvalue weighted by Crippen LogP contribution is -2.39. The van der Waals surface area contributed by atoms with E-state index < -0.39 is 0 Å². The highest BCUT2D eigenvalue weighted by Gasteiger charge is 2.23. The van der Waals surface area contributed by atoms with Crippen molar-refractivity contribution in [1.82, 2.24) is 5.32 Å². The molecule has 2 aliphatic carbocycles. The molecule has 0 spiro atoms. The number of carbonyl (C=O) groups is 1. The van der Waals surface area contributed by atoms with Crippen LogP contribution in [-0.2, 0) is 4.74 Å². The minimum Gasteiger partial charge on any atom is -0.446 e. The zero-order valence-electron chi connectivity index (χ0n) is 11.6. The van der Waals surface area contributed by atoms with Gasteiger partial charge >= 0.3 is 6.09 Å². The summed E-state index contributed by atoms with van der Waals surface area (Å²) in [5.74, 6) is 0.873. The smallest absolute Gasteiger partial charge is 0.407 e. The molecule has 0 unspecified atom stereocenters. The van der Waals surface area contributed by atoms with Crippen LogP contribution in [0.3, 0.4) is 0 Å². The molecule has 0 saturated heterocycles. The van der Waals surface area contributed by atoms with Crippen LogP contribution >= 0.6 is 0 Å². The van der Waals surface area contributed by atoms with Crippen LogP contribution < -0.4 is 5.32 Å². The predicted molar refractivity (Wildman–Crippen MR) is 72.5 cm³/mol. The lowest BCUT2D eigenvalue weighted by Gasteiger charge is -2.29. The van der Waals surface area contributed by atoms with Crippen LogP contribution in [0.4, 0.5) is 4.79 Å². The number of ether oxygens (including phenoxy) is 1. The Bertz CT molecular complexity index is 253. The number of nitrogens with one attached hydrogen (secondary N) is 1. The first-order valence-electron chi connectivity index (χ1n) is 7.75. The fourth-order valence-electron chi connectivity index (χ4n) is 3.25. The number of hydrogen-bond donors (Lipinski definition) is 1. The summed E-state index contributed by atoms with van der Waals surface area (Å²) in [5.41, 5.74) is 0. The topological polar surface area (TPSA) is 38.3 Å². The molecule has 1 amide bonds. The first-order chi connectivity index (χ1) is 8.78. The van der Waals surface area contributed by atoms with Gasteiger partial charge in [-0.2, -0.15) is 0 Å². The third-order valence-electron chi connectivity index (χ3n) is 4.57. The second-order valence-electron chi connectivity index (χ2n) is 5.94. The third-order valence-corrected chi connectivity index (χ3v) is 4.57. The van der Waals surface area contributed by atoms with Crippen LogP contribution in [0.1, 0.15) is 71.1 Å². The van der Waals surface area contributed by atoms with Crippen LogP contribution in [0.2, 0.25) is 0 Å². The number of rotatable bonds is 3. The molecule has 104 valence electrons. The van der Waals surface area contributed by atoms with Gasteiger partial charge in [0.25, 0.3) is 0 Å². The van der Waals surface area contributed by atoms with Crippen molar-refractivity contribution >= 4 is 6.09 Å². The zero-order valence-corrected chi connectivity index (χ0v) is 11.6. The van der Waals surface area contributed by atoms with Crippen molar-refractivity contribution in [2.24, 2.45) is 5.92 Å². The second kappa shape index (κ2) is 7.01. The molecule has 0 bridgehead atoms. The molecule has 0 atom stereocenters. The molecule has 2 saturated carbocycles. The van der Waals surface area contributed by atoms with E-state index in [2.05, 4.69) is 12.2 Å². The molecule has 1 N–H and O–H groups in total. The van der Waals surface area contributed by atoms with Gasteiger partial charge in [-0.25, -0.2) is 4.79 Å². The van der Waals surface area contributed by atoms with Gasteiger partial charge in [0.1, 0.15) is 6.10 Å². The van der Waals surface area contributed by atoms with Gasteiger partial charge in [-0.3, -0.25) is 0 Å². The summed E-state index contributed by atoms with van der Waals surface area (Å²) < 4.78 is 5.50. The van der Waals surface area contributed by atoms with Gasteiger partial charge in [0, 0.05) is 6.04 Å². The Kier molecular flexibility index (Phi) is 5.33. The normalized spacial score (nSPS) is 29.8. The second-order valence-corrected chi connectivity index (χ2v) is 5.94. The summed E-state index contributed by atoms with van der Waals surface area (Å²) >= 11 is 0. The Morgan fingerprint density at radius 2 is 1.72 bits per heavy atom. The molecule has 0 radical (unpaired) electrons. The van der Waals surface area contributed by atoms with Crippen LogP contribution in [0.25, 0.3) is 0 Å². The third kappa shape index (κ3) is 4.18. The highest BCUT2D eigenvalue weighted by molar-refractivity contribution is 5.67. The minimum absolute atomic E-state index is 0.172. The fourth-order valence-corrected chi connectivity index (χ4v) is 3.25. The summed E-state index contributed by atoms with van der Waals surface area (Å²) in [6.45, 7) is 2.26. The number of amides is 1. The highest BCUT2D eigenvalue weighted by atomic mass is 16.6. The van der Waals surface area contributed by atoms with Crippen molar-refractivity contribution in [3.8, 4) is 0 Å². The molecule has 2 fully saturated rings. The van der Waals surface area contributed by atoms with E-state index in [1.165, 1.54) is 38.5 Å². The molecule has 0 aromatic carbocycles. The van der Waals surface area contributed by atoms with E-state index in [4.69, 9.17) is 4.74 Å². The first kappa shape index (κ1) is 13.7. The minimum atomic E-state index is -0.179. The fraction of sp³-hybridized carbons (Fsp3) is 0.933. The van der Waals surface area contributed by atoms with Crippen molar-refractivity contribution in [1.29, 1.82) is 0 Å². The van der Waals surface area contributed by atoms with E-state index in [0.29, 0.717) is 6.04 Å². The molecule has 0 aromatic heterocycles. The molecule has 3 heteroatoms. The Hall–Kier alpha value is -0.730. The average molecular weight is 253 g/mol. The van der Waals surface area contributed by atoms with Crippen molar-refractivity contribution in [3.05, 3.63) is 0 Å². The van der Waals surface area contributed by atoms with Crippen molar-refractivity contribution < 1.29 is 9.53 Å². The van der Waals surface area contributed by atoms with Gasteiger partial charge in [-0.1, -0.05) is 19.8 Å². The Morgan fingerprint density at radius 1 is 1.06 bits per heavy atom. The van der Waals surface area contributed by atoms with Crippen LogP contribution in [-0.4, -0.2) is 18.2 Å².